The first-order valence-electron chi connectivity index (χ1n) is 6.20. The van der Waals surface area contributed by atoms with Gasteiger partial charge in [0.2, 0.25) is 0 Å². The highest BCUT2D eigenvalue weighted by Gasteiger charge is 2.32. The summed E-state index contributed by atoms with van der Waals surface area (Å²) in [5, 5.41) is 3.27. The van der Waals surface area contributed by atoms with E-state index in [4.69, 9.17) is 0 Å². The maximum absolute atomic E-state index is 13.1. The topological polar surface area (TPSA) is 12.0 Å². The van der Waals surface area contributed by atoms with E-state index >= 15 is 0 Å². The number of nitrogens with one attached hydrogen (secondary N) is 1. The van der Waals surface area contributed by atoms with Crippen LogP contribution in [0.4, 0.5) is 14.5 Å². The average molecular weight is 239 g/mol. The minimum absolute atomic E-state index is 0.182. The molecule has 1 aliphatic rings. The van der Waals surface area contributed by atoms with Gasteiger partial charge in [0.1, 0.15) is 11.6 Å². The second-order valence-corrected chi connectivity index (χ2v) is 5.59. The van der Waals surface area contributed by atoms with E-state index in [1.807, 2.05) is 0 Å². The second kappa shape index (κ2) is 4.63. The number of hydrogen-bond acceptors (Lipinski definition) is 1. The summed E-state index contributed by atoms with van der Waals surface area (Å²) in [6.07, 6.45) is 4.63. The number of benzene rings is 1. The first kappa shape index (κ1) is 12.3. The summed E-state index contributed by atoms with van der Waals surface area (Å²) in [4.78, 5) is 0. The molecule has 0 aliphatic heterocycles. The molecule has 0 amide bonds. The number of rotatable bonds is 2. The molecule has 0 heterocycles. The van der Waals surface area contributed by atoms with E-state index in [-0.39, 0.29) is 11.5 Å². The highest BCUT2D eigenvalue weighted by molar-refractivity contribution is 5.45. The van der Waals surface area contributed by atoms with Gasteiger partial charge < -0.3 is 5.32 Å². The molecule has 2 rings (SSSR count). The van der Waals surface area contributed by atoms with Crippen LogP contribution in [0.25, 0.3) is 0 Å². The molecule has 0 spiro atoms. The van der Waals surface area contributed by atoms with Crippen LogP contribution >= 0.6 is 0 Å². The third-order valence-electron chi connectivity index (χ3n) is 3.71. The Morgan fingerprint density at radius 3 is 2.35 bits per heavy atom. The van der Waals surface area contributed by atoms with Crippen LogP contribution in [0.2, 0.25) is 0 Å². The fraction of sp³-hybridized carbons (Fsp3) is 0.571. The van der Waals surface area contributed by atoms with Gasteiger partial charge in [0, 0.05) is 17.8 Å². The van der Waals surface area contributed by atoms with E-state index in [1.165, 1.54) is 25.0 Å². The van der Waals surface area contributed by atoms with Crippen molar-refractivity contribution >= 4 is 5.69 Å². The van der Waals surface area contributed by atoms with E-state index in [9.17, 15) is 8.78 Å². The lowest BCUT2D eigenvalue weighted by Gasteiger charge is -2.39. The van der Waals surface area contributed by atoms with Crippen molar-refractivity contribution < 1.29 is 8.78 Å². The molecule has 1 saturated carbocycles. The van der Waals surface area contributed by atoms with Crippen LogP contribution in [0.3, 0.4) is 0 Å². The first-order chi connectivity index (χ1) is 7.97. The summed E-state index contributed by atoms with van der Waals surface area (Å²) >= 11 is 0. The van der Waals surface area contributed by atoms with Crippen LogP contribution in [0.1, 0.15) is 39.5 Å². The molecule has 1 aromatic carbocycles. The maximum atomic E-state index is 13.1. The zero-order chi connectivity index (χ0) is 12.5. The molecule has 1 unspecified atom stereocenters. The third kappa shape index (κ3) is 2.96. The van der Waals surface area contributed by atoms with Gasteiger partial charge in [-0.1, -0.05) is 26.7 Å². The molecule has 0 radical (unpaired) electrons. The van der Waals surface area contributed by atoms with Crippen molar-refractivity contribution in [1.82, 2.24) is 0 Å². The van der Waals surface area contributed by atoms with Crippen molar-refractivity contribution in [1.29, 1.82) is 0 Å². The molecule has 1 nitrogen and oxygen atoms in total. The summed E-state index contributed by atoms with van der Waals surface area (Å²) < 4.78 is 26.2. The second-order valence-electron chi connectivity index (χ2n) is 5.59. The van der Waals surface area contributed by atoms with Crippen LogP contribution in [-0.2, 0) is 0 Å². The van der Waals surface area contributed by atoms with Crippen molar-refractivity contribution in [2.45, 2.75) is 45.6 Å². The van der Waals surface area contributed by atoms with Gasteiger partial charge in [0.05, 0.1) is 0 Å². The summed E-state index contributed by atoms with van der Waals surface area (Å²) in [7, 11) is 0. The molecule has 17 heavy (non-hydrogen) atoms. The lowest BCUT2D eigenvalue weighted by atomic mass is 9.73. The molecule has 1 aliphatic carbocycles. The Bertz CT molecular complexity index is 381. The van der Waals surface area contributed by atoms with Gasteiger partial charge in [-0.15, -0.1) is 0 Å². The van der Waals surface area contributed by atoms with Crippen molar-refractivity contribution in [3.8, 4) is 0 Å². The molecule has 0 saturated heterocycles. The first-order valence-corrected chi connectivity index (χ1v) is 6.20. The number of hydrogen-bond donors (Lipinski definition) is 1. The van der Waals surface area contributed by atoms with Crippen molar-refractivity contribution in [3.63, 3.8) is 0 Å². The molecular formula is C14H19F2N. The fourth-order valence-corrected chi connectivity index (χ4v) is 2.60. The largest absolute Gasteiger partial charge is 0.382 e. The predicted molar refractivity (Wildman–Crippen MR) is 66.0 cm³/mol. The summed E-state index contributed by atoms with van der Waals surface area (Å²) in [6, 6.07) is 3.90. The lowest BCUT2D eigenvalue weighted by Crippen LogP contribution is -2.38. The molecule has 1 fully saturated rings. The Morgan fingerprint density at radius 1 is 1.12 bits per heavy atom. The van der Waals surface area contributed by atoms with Gasteiger partial charge in [-0.3, -0.25) is 0 Å². The van der Waals surface area contributed by atoms with Gasteiger partial charge in [0.15, 0.2) is 0 Å². The van der Waals surface area contributed by atoms with E-state index in [0.717, 1.165) is 18.9 Å². The zero-order valence-corrected chi connectivity index (χ0v) is 10.4. The SMILES string of the molecule is CC1(C)CCCCC1Nc1cc(F)cc(F)c1. The average Bonchev–Trinajstić information content (AvgIpc) is 2.19. The van der Waals surface area contributed by atoms with Crippen LogP contribution in [0, 0.1) is 17.0 Å². The minimum Gasteiger partial charge on any atom is -0.382 e. The van der Waals surface area contributed by atoms with Gasteiger partial charge in [-0.05, 0) is 30.4 Å². The maximum Gasteiger partial charge on any atom is 0.128 e. The molecule has 1 aromatic rings. The summed E-state index contributed by atoms with van der Waals surface area (Å²) in [6.45, 7) is 4.42. The third-order valence-corrected chi connectivity index (χ3v) is 3.71. The van der Waals surface area contributed by atoms with Gasteiger partial charge >= 0.3 is 0 Å². The molecule has 0 aromatic heterocycles. The van der Waals surface area contributed by atoms with Crippen LogP contribution < -0.4 is 5.32 Å². The number of anilines is 1. The Kier molecular flexibility index (Phi) is 3.36. The normalized spacial score (nSPS) is 23.4. The molecular weight excluding hydrogens is 220 g/mol. The summed E-state index contributed by atoms with van der Waals surface area (Å²) in [5.41, 5.74) is 0.726. The fourth-order valence-electron chi connectivity index (χ4n) is 2.60. The van der Waals surface area contributed by atoms with Gasteiger partial charge in [-0.2, -0.15) is 0 Å². The molecule has 1 atom stereocenters. The monoisotopic (exact) mass is 239 g/mol. The van der Waals surface area contributed by atoms with Crippen LogP contribution in [0.15, 0.2) is 18.2 Å². The quantitative estimate of drug-likeness (QED) is 0.809. The van der Waals surface area contributed by atoms with E-state index < -0.39 is 11.6 Å². The predicted octanol–water partition coefficient (Wildman–Crippen LogP) is 4.35. The Morgan fingerprint density at radius 2 is 1.76 bits per heavy atom. The molecule has 3 heteroatoms. The Hall–Kier alpha value is -1.12. The summed E-state index contributed by atoms with van der Waals surface area (Å²) in [5.74, 6) is -1.05. The van der Waals surface area contributed by atoms with Gasteiger partial charge in [0.25, 0.3) is 0 Å². The van der Waals surface area contributed by atoms with Crippen LogP contribution in [-0.4, -0.2) is 6.04 Å². The molecule has 1 N–H and O–H groups in total. The molecule has 94 valence electrons. The van der Waals surface area contributed by atoms with Crippen LogP contribution in [0.5, 0.6) is 0 Å². The van der Waals surface area contributed by atoms with E-state index in [2.05, 4.69) is 19.2 Å². The standard InChI is InChI=1S/C14H19F2N/c1-14(2)6-4-3-5-13(14)17-12-8-10(15)7-11(16)9-12/h7-9,13,17H,3-6H2,1-2H3. The highest BCUT2D eigenvalue weighted by atomic mass is 19.1. The smallest absolute Gasteiger partial charge is 0.128 e. The Balaban J connectivity index is 2.14. The van der Waals surface area contributed by atoms with Crippen molar-refractivity contribution in [2.75, 3.05) is 5.32 Å². The highest BCUT2D eigenvalue weighted by Crippen LogP contribution is 2.37. The Labute approximate surface area is 101 Å². The van der Waals surface area contributed by atoms with Crippen molar-refractivity contribution in [3.05, 3.63) is 29.8 Å². The lowest BCUT2D eigenvalue weighted by molar-refractivity contribution is 0.217. The van der Waals surface area contributed by atoms with E-state index in [0.29, 0.717) is 5.69 Å². The van der Waals surface area contributed by atoms with Crippen molar-refractivity contribution in [2.24, 2.45) is 5.41 Å². The van der Waals surface area contributed by atoms with Gasteiger partial charge in [-0.25, -0.2) is 8.78 Å². The van der Waals surface area contributed by atoms with E-state index in [1.54, 1.807) is 0 Å². The number of halogens is 2. The minimum atomic E-state index is -0.527. The zero-order valence-electron chi connectivity index (χ0n) is 10.4. The molecule has 0 bridgehead atoms.